The van der Waals surface area contributed by atoms with Gasteiger partial charge in [-0.05, 0) is 25.1 Å². The largest absolute Gasteiger partial charge is 0.350 e. The molecule has 3 N–H and O–H groups in total. The monoisotopic (exact) mass is 311 g/mol. The Morgan fingerprint density at radius 2 is 2.25 bits per heavy atom. The van der Waals surface area contributed by atoms with Crippen LogP contribution in [-0.4, -0.2) is 22.0 Å². The molecule has 0 spiro atoms. The third-order valence-electron chi connectivity index (χ3n) is 2.47. The Bertz CT molecular complexity index is 680. The standard InChI is InChI=1S/C12H11Cl2N5O/c1-7-10(6-16-17-12(15)20)11(14)19(18-7)9-4-2-3-8(13)5-9/h2-6H,1H3,(H3,15,17,20)/b16-6-. The SMILES string of the molecule is Cc1nn(-c2cccc(Cl)c2)c(Cl)c1/C=N\NC(N)=O. The van der Waals surface area contributed by atoms with Crippen LogP contribution < -0.4 is 11.2 Å². The zero-order valence-corrected chi connectivity index (χ0v) is 12.0. The molecule has 104 valence electrons. The molecule has 0 unspecified atom stereocenters. The molecule has 2 rings (SSSR count). The average molecular weight is 312 g/mol. The molecule has 1 aromatic heterocycles. The van der Waals surface area contributed by atoms with E-state index < -0.39 is 6.03 Å². The smallest absolute Gasteiger partial charge is 0.332 e. The van der Waals surface area contributed by atoms with E-state index in [0.29, 0.717) is 21.4 Å². The van der Waals surface area contributed by atoms with Crippen molar-refractivity contribution in [2.45, 2.75) is 6.92 Å². The highest BCUT2D eigenvalue weighted by atomic mass is 35.5. The van der Waals surface area contributed by atoms with Crippen LogP contribution in [0.5, 0.6) is 0 Å². The zero-order chi connectivity index (χ0) is 14.7. The molecule has 1 heterocycles. The van der Waals surface area contributed by atoms with Gasteiger partial charge in [0, 0.05) is 5.02 Å². The van der Waals surface area contributed by atoms with E-state index in [9.17, 15) is 4.79 Å². The second-order valence-corrected chi connectivity index (χ2v) is 4.71. The maximum absolute atomic E-state index is 10.6. The van der Waals surface area contributed by atoms with Crippen LogP contribution in [0.2, 0.25) is 10.2 Å². The van der Waals surface area contributed by atoms with E-state index >= 15 is 0 Å². The molecule has 0 aliphatic rings. The van der Waals surface area contributed by atoms with Crippen molar-refractivity contribution in [2.24, 2.45) is 10.8 Å². The minimum atomic E-state index is -0.753. The van der Waals surface area contributed by atoms with E-state index in [1.165, 1.54) is 10.9 Å². The van der Waals surface area contributed by atoms with Crippen molar-refractivity contribution in [1.82, 2.24) is 15.2 Å². The Morgan fingerprint density at radius 1 is 1.50 bits per heavy atom. The molecule has 0 saturated carbocycles. The van der Waals surface area contributed by atoms with Crippen molar-refractivity contribution in [1.29, 1.82) is 0 Å². The first kappa shape index (κ1) is 14.4. The fraction of sp³-hybridized carbons (Fsp3) is 0.0833. The lowest BCUT2D eigenvalue weighted by molar-refractivity contribution is 0.249. The van der Waals surface area contributed by atoms with Crippen molar-refractivity contribution in [2.75, 3.05) is 0 Å². The molecule has 0 aliphatic heterocycles. The van der Waals surface area contributed by atoms with Gasteiger partial charge >= 0.3 is 6.03 Å². The number of nitrogens with zero attached hydrogens (tertiary/aromatic N) is 3. The number of hydrogen-bond acceptors (Lipinski definition) is 3. The van der Waals surface area contributed by atoms with E-state index in [1.807, 2.05) is 6.07 Å². The van der Waals surface area contributed by atoms with Crippen molar-refractivity contribution in [3.63, 3.8) is 0 Å². The van der Waals surface area contributed by atoms with Crippen molar-refractivity contribution < 1.29 is 4.79 Å². The molecule has 0 saturated heterocycles. The Morgan fingerprint density at radius 3 is 2.90 bits per heavy atom. The van der Waals surface area contributed by atoms with Gasteiger partial charge in [-0.2, -0.15) is 10.2 Å². The predicted molar refractivity (Wildman–Crippen MR) is 78.6 cm³/mol. The number of benzene rings is 1. The Kier molecular flexibility index (Phi) is 4.26. The quantitative estimate of drug-likeness (QED) is 0.674. The number of nitrogens with one attached hydrogen (secondary N) is 1. The van der Waals surface area contributed by atoms with Gasteiger partial charge in [-0.3, -0.25) is 0 Å². The zero-order valence-electron chi connectivity index (χ0n) is 10.5. The molecular weight excluding hydrogens is 301 g/mol. The minimum absolute atomic E-state index is 0.361. The number of aromatic nitrogens is 2. The lowest BCUT2D eigenvalue weighted by atomic mass is 10.3. The summed E-state index contributed by atoms with van der Waals surface area (Å²) >= 11 is 12.2. The van der Waals surface area contributed by atoms with Gasteiger partial charge in [-0.1, -0.05) is 29.3 Å². The van der Waals surface area contributed by atoms with E-state index in [2.05, 4.69) is 15.6 Å². The molecule has 6 nitrogen and oxygen atoms in total. The topological polar surface area (TPSA) is 85.3 Å². The summed E-state index contributed by atoms with van der Waals surface area (Å²) in [5.41, 5.74) is 8.98. The molecule has 0 radical (unpaired) electrons. The maximum atomic E-state index is 10.6. The number of halogens is 2. The molecule has 8 heteroatoms. The van der Waals surface area contributed by atoms with Gasteiger partial charge < -0.3 is 5.73 Å². The van der Waals surface area contributed by atoms with Gasteiger partial charge in [0.05, 0.1) is 23.2 Å². The number of rotatable bonds is 3. The minimum Gasteiger partial charge on any atom is -0.350 e. The van der Waals surface area contributed by atoms with Crippen LogP contribution in [0.25, 0.3) is 5.69 Å². The first-order valence-corrected chi connectivity index (χ1v) is 6.34. The van der Waals surface area contributed by atoms with E-state index in [-0.39, 0.29) is 0 Å². The average Bonchev–Trinajstić information content (AvgIpc) is 2.66. The molecule has 20 heavy (non-hydrogen) atoms. The fourth-order valence-electron chi connectivity index (χ4n) is 1.60. The number of amides is 2. The van der Waals surface area contributed by atoms with Crippen LogP contribution in [0.3, 0.4) is 0 Å². The Hall–Kier alpha value is -2.05. The van der Waals surface area contributed by atoms with Crippen molar-refractivity contribution in [3.05, 3.63) is 45.7 Å². The molecule has 2 aromatic rings. The van der Waals surface area contributed by atoms with Gasteiger partial charge in [-0.15, -0.1) is 0 Å². The lowest BCUT2D eigenvalue weighted by Gasteiger charge is -2.03. The predicted octanol–water partition coefficient (Wildman–Crippen LogP) is 2.49. The van der Waals surface area contributed by atoms with E-state index in [0.717, 1.165) is 5.69 Å². The molecule has 1 aromatic carbocycles. The normalized spacial score (nSPS) is 10.9. The molecule has 2 amide bonds. The Balaban J connectivity index is 2.38. The molecular formula is C12H11Cl2N5O. The van der Waals surface area contributed by atoms with Crippen LogP contribution in [0.1, 0.15) is 11.3 Å². The summed E-state index contributed by atoms with van der Waals surface area (Å²) in [5.74, 6) is 0. The fourth-order valence-corrected chi connectivity index (χ4v) is 2.10. The number of carbonyl (C=O) groups is 1. The van der Waals surface area contributed by atoms with Crippen LogP contribution in [-0.2, 0) is 0 Å². The highest BCUT2D eigenvalue weighted by Crippen LogP contribution is 2.23. The molecule has 0 aliphatic carbocycles. The second-order valence-electron chi connectivity index (χ2n) is 3.92. The third kappa shape index (κ3) is 3.09. The van der Waals surface area contributed by atoms with Gasteiger partial charge in [0.15, 0.2) is 0 Å². The summed E-state index contributed by atoms with van der Waals surface area (Å²) in [4.78, 5) is 10.6. The molecule has 0 bridgehead atoms. The van der Waals surface area contributed by atoms with Gasteiger partial charge in [0.25, 0.3) is 0 Å². The Labute approximate surface area is 125 Å². The summed E-state index contributed by atoms with van der Waals surface area (Å²) in [6, 6.07) is 6.37. The van der Waals surface area contributed by atoms with Gasteiger partial charge in [0.1, 0.15) is 5.15 Å². The number of nitrogens with two attached hydrogens (primary N) is 1. The number of urea groups is 1. The van der Waals surface area contributed by atoms with Crippen LogP contribution in [0, 0.1) is 6.92 Å². The number of hydrazone groups is 1. The first-order valence-electron chi connectivity index (χ1n) is 5.58. The highest BCUT2D eigenvalue weighted by Gasteiger charge is 2.13. The summed E-state index contributed by atoms with van der Waals surface area (Å²) < 4.78 is 1.54. The van der Waals surface area contributed by atoms with Crippen LogP contribution in [0.15, 0.2) is 29.4 Å². The number of primary amides is 1. The number of carbonyl (C=O) groups excluding carboxylic acids is 1. The van der Waals surface area contributed by atoms with Gasteiger partial charge in [0.2, 0.25) is 0 Å². The first-order chi connectivity index (χ1) is 9.49. The van der Waals surface area contributed by atoms with E-state index in [1.54, 1.807) is 25.1 Å². The summed E-state index contributed by atoms with van der Waals surface area (Å²) in [7, 11) is 0. The summed E-state index contributed by atoms with van der Waals surface area (Å²) in [6.07, 6.45) is 1.39. The summed E-state index contributed by atoms with van der Waals surface area (Å²) in [6.45, 7) is 1.78. The van der Waals surface area contributed by atoms with Crippen molar-refractivity contribution >= 4 is 35.4 Å². The summed E-state index contributed by atoms with van der Waals surface area (Å²) in [5, 5.41) is 8.93. The molecule has 0 fully saturated rings. The number of hydrogen-bond donors (Lipinski definition) is 2. The van der Waals surface area contributed by atoms with Crippen molar-refractivity contribution in [3.8, 4) is 5.69 Å². The third-order valence-corrected chi connectivity index (χ3v) is 3.07. The molecule has 0 atom stereocenters. The highest BCUT2D eigenvalue weighted by molar-refractivity contribution is 6.32. The van der Waals surface area contributed by atoms with Gasteiger partial charge in [-0.25, -0.2) is 14.9 Å². The van der Waals surface area contributed by atoms with Crippen LogP contribution >= 0.6 is 23.2 Å². The number of aryl methyl sites for hydroxylation is 1. The second kappa shape index (κ2) is 5.94. The lowest BCUT2D eigenvalue weighted by Crippen LogP contribution is -2.24. The maximum Gasteiger partial charge on any atom is 0.332 e. The van der Waals surface area contributed by atoms with Crippen LogP contribution in [0.4, 0.5) is 4.79 Å². The van der Waals surface area contributed by atoms with E-state index in [4.69, 9.17) is 28.9 Å².